The average molecular weight is 332 g/mol. The number of halogens is 1. The number of nitrogens with one attached hydrogen (secondary N) is 1. The molecule has 0 aliphatic carbocycles. The van der Waals surface area contributed by atoms with E-state index < -0.39 is 0 Å². The molecule has 0 spiro atoms. The molecule has 8 nitrogen and oxygen atoms in total. The predicted octanol–water partition coefficient (Wildman–Crippen LogP) is -5.67. The second kappa shape index (κ2) is 7.57. The van der Waals surface area contributed by atoms with Crippen LogP contribution in [0.15, 0.2) is 15.9 Å². The summed E-state index contributed by atoms with van der Waals surface area (Å²) >= 11 is 0. The van der Waals surface area contributed by atoms with E-state index in [0.717, 1.165) is 17.7 Å². The van der Waals surface area contributed by atoms with Gasteiger partial charge >= 0.3 is 5.69 Å². The summed E-state index contributed by atoms with van der Waals surface area (Å²) in [5.74, 6) is 0. The highest BCUT2D eigenvalue weighted by atomic mass is 35.5. The Kier molecular flexibility index (Phi) is 6.34. The Morgan fingerprint density at radius 2 is 1.91 bits per heavy atom. The van der Waals surface area contributed by atoms with Crippen molar-refractivity contribution in [3.8, 4) is 0 Å². The molecule has 22 heavy (non-hydrogen) atoms. The van der Waals surface area contributed by atoms with Gasteiger partial charge < -0.3 is 27.0 Å². The fourth-order valence-corrected chi connectivity index (χ4v) is 2.48. The molecule has 2 aromatic heterocycles. The van der Waals surface area contributed by atoms with E-state index in [0.29, 0.717) is 24.3 Å². The van der Waals surface area contributed by atoms with E-state index in [1.54, 1.807) is 17.9 Å². The van der Waals surface area contributed by atoms with Crippen molar-refractivity contribution in [2.24, 2.45) is 14.1 Å². The molecular formula is C13H22ClN5O3. The Bertz CT molecular complexity index is 748. The van der Waals surface area contributed by atoms with Gasteiger partial charge in [-0.15, -0.1) is 0 Å². The number of aromatic nitrogens is 4. The Balaban J connectivity index is 0.00000242. The van der Waals surface area contributed by atoms with Crippen LogP contribution in [0, 0.1) is 0 Å². The van der Waals surface area contributed by atoms with Gasteiger partial charge in [0.15, 0.2) is 11.2 Å². The number of nitrogens with zero attached hydrogens (tertiary/aromatic N) is 4. The summed E-state index contributed by atoms with van der Waals surface area (Å²) in [6.07, 6.45) is 1.59. The lowest BCUT2D eigenvalue weighted by molar-refractivity contribution is -0.899. The standard InChI is InChI=1S/C13H21N5O3.ClH/c1-4-17(7-8-19)5-6-18-9-14-11-10(18)12(20)16(3)13(21)15(11)2;/h9,19H,4-8H2,1-3H3;1H. The fourth-order valence-electron chi connectivity index (χ4n) is 2.48. The lowest BCUT2D eigenvalue weighted by Crippen LogP contribution is -3.12. The largest absolute Gasteiger partial charge is 1.00 e. The average Bonchev–Trinajstić information content (AvgIpc) is 2.91. The predicted molar refractivity (Wildman–Crippen MR) is 78.5 cm³/mol. The van der Waals surface area contributed by atoms with Gasteiger partial charge in [0.05, 0.1) is 32.6 Å². The van der Waals surface area contributed by atoms with Gasteiger partial charge in [0.1, 0.15) is 6.54 Å². The molecule has 0 amide bonds. The van der Waals surface area contributed by atoms with Crippen LogP contribution in [0.4, 0.5) is 0 Å². The molecule has 0 radical (unpaired) electrons. The van der Waals surface area contributed by atoms with E-state index in [2.05, 4.69) is 11.9 Å². The number of fused-ring (bicyclic) bond motifs is 1. The zero-order valence-corrected chi connectivity index (χ0v) is 13.8. The maximum absolute atomic E-state index is 12.3. The van der Waals surface area contributed by atoms with E-state index in [-0.39, 0.29) is 30.3 Å². The molecule has 2 rings (SSSR count). The highest BCUT2D eigenvalue weighted by molar-refractivity contribution is 5.69. The first-order chi connectivity index (χ1) is 10.0. The zero-order chi connectivity index (χ0) is 15.6. The number of likely N-dealkylation sites (N-methyl/N-ethyl adjacent to an activating group) is 1. The van der Waals surface area contributed by atoms with Crippen molar-refractivity contribution in [1.29, 1.82) is 0 Å². The molecule has 124 valence electrons. The van der Waals surface area contributed by atoms with Crippen LogP contribution in [0.2, 0.25) is 0 Å². The number of rotatable bonds is 6. The summed E-state index contributed by atoms with van der Waals surface area (Å²) in [6, 6.07) is 0. The van der Waals surface area contributed by atoms with Crippen LogP contribution in [0.25, 0.3) is 11.2 Å². The van der Waals surface area contributed by atoms with Crippen molar-refractivity contribution in [3.05, 3.63) is 27.2 Å². The van der Waals surface area contributed by atoms with Gasteiger partial charge in [0.2, 0.25) is 0 Å². The van der Waals surface area contributed by atoms with Gasteiger partial charge in [-0.2, -0.15) is 0 Å². The summed E-state index contributed by atoms with van der Waals surface area (Å²) in [5.41, 5.74) is 0.145. The Hall–Kier alpha value is -1.64. The number of aryl methyl sites for hydroxylation is 1. The van der Waals surface area contributed by atoms with E-state index >= 15 is 0 Å². The van der Waals surface area contributed by atoms with E-state index in [1.807, 2.05) is 0 Å². The molecule has 0 bridgehead atoms. The first kappa shape index (κ1) is 18.4. The number of aliphatic hydroxyl groups excluding tert-OH is 1. The molecule has 2 heterocycles. The fraction of sp³-hybridized carbons (Fsp3) is 0.615. The van der Waals surface area contributed by atoms with Gasteiger partial charge in [0, 0.05) is 14.1 Å². The smallest absolute Gasteiger partial charge is 0.332 e. The number of aliphatic hydroxyl groups is 1. The van der Waals surface area contributed by atoms with Crippen molar-refractivity contribution >= 4 is 11.2 Å². The highest BCUT2D eigenvalue weighted by Gasteiger charge is 2.15. The third-order valence-corrected chi connectivity index (χ3v) is 3.89. The van der Waals surface area contributed by atoms with Crippen LogP contribution >= 0.6 is 0 Å². The Morgan fingerprint density at radius 3 is 2.50 bits per heavy atom. The van der Waals surface area contributed by atoms with Crippen molar-refractivity contribution in [1.82, 2.24) is 18.7 Å². The third-order valence-electron chi connectivity index (χ3n) is 3.89. The first-order valence-electron chi connectivity index (χ1n) is 7.06. The van der Waals surface area contributed by atoms with Crippen molar-refractivity contribution < 1.29 is 22.4 Å². The van der Waals surface area contributed by atoms with Gasteiger partial charge in [-0.1, -0.05) is 0 Å². The molecule has 2 aromatic rings. The highest BCUT2D eigenvalue weighted by Crippen LogP contribution is 2.04. The summed E-state index contributed by atoms with van der Waals surface area (Å²) in [7, 11) is 3.08. The molecule has 0 saturated heterocycles. The lowest BCUT2D eigenvalue weighted by Gasteiger charge is -2.16. The zero-order valence-electron chi connectivity index (χ0n) is 13.0. The molecule has 0 aromatic carbocycles. The summed E-state index contributed by atoms with van der Waals surface area (Å²) in [5, 5.41) is 9.01. The van der Waals surface area contributed by atoms with Crippen LogP contribution in [-0.4, -0.2) is 50.0 Å². The van der Waals surface area contributed by atoms with E-state index in [9.17, 15) is 9.59 Å². The SMILES string of the molecule is CC[NH+](CCO)CCn1cnc2c1c(=O)n(C)c(=O)n2C.[Cl-]. The van der Waals surface area contributed by atoms with E-state index in [4.69, 9.17) is 5.11 Å². The molecule has 1 unspecified atom stereocenters. The summed E-state index contributed by atoms with van der Waals surface area (Å²) < 4.78 is 4.26. The first-order valence-corrected chi connectivity index (χ1v) is 7.06. The minimum absolute atomic E-state index is 0. The normalized spacial score (nSPS) is 12.4. The Morgan fingerprint density at radius 1 is 1.23 bits per heavy atom. The van der Waals surface area contributed by atoms with E-state index in [1.165, 1.54) is 16.5 Å². The monoisotopic (exact) mass is 331 g/mol. The molecule has 9 heteroatoms. The molecule has 0 fully saturated rings. The van der Waals surface area contributed by atoms with Crippen molar-refractivity contribution in [3.63, 3.8) is 0 Å². The van der Waals surface area contributed by atoms with Crippen LogP contribution < -0.4 is 28.6 Å². The van der Waals surface area contributed by atoms with Gasteiger partial charge in [-0.3, -0.25) is 13.9 Å². The topological polar surface area (TPSA) is 86.5 Å². The summed E-state index contributed by atoms with van der Waals surface area (Å²) in [6.45, 7) is 5.19. The van der Waals surface area contributed by atoms with Crippen LogP contribution in [0.3, 0.4) is 0 Å². The van der Waals surface area contributed by atoms with Gasteiger partial charge in [-0.05, 0) is 6.92 Å². The molecule has 0 saturated carbocycles. The molecule has 2 N–H and O–H groups in total. The number of imidazole rings is 1. The Labute approximate surface area is 134 Å². The van der Waals surface area contributed by atoms with Crippen LogP contribution in [0.1, 0.15) is 6.92 Å². The number of hydrogen-bond acceptors (Lipinski definition) is 4. The molecule has 0 aliphatic heterocycles. The second-order valence-electron chi connectivity index (χ2n) is 5.14. The lowest BCUT2D eigenvalue weighted by atomic mass is 10.4. The van der Waals surface area contributed by atoms with Crippen LogP contribution in [-0.2, 0) is 20.6 Å². The van der Waals surface area contributed by atoms with Crippen LogP contribution in [0.5, 0.6) is 0 Å². The summed E-state index contributed by atoms with van der Waals surface area (Å²) in [4.78, 5) is 29.6. The third kappa shape index (κ3) is 3.23. The maximum Gasteiger partial charge on any atom is 0.332 e. The minimum atomic E-state index is -0.376. The molecule has 0 aliphatic rings. The minimum Gasteiger partial charge on any atom is -1.00 e. The second-order valence-corrected chi connectivity index (χ2v) is 5.14. The number of quaternary nitrogens is 1. The van der Waals surface area contributed by atoms with Crippen molar-refractivity contribution in [2.45, 2.75) is 13.5 Å². The van der Waals surface area contributed by atoms with Gasteiger partial charge in [-0.25, -0.2) is 9.78 Å². The molecule has 1 atom stereocenters. The molecular weight excluding hydrogens is 310 g/mol. The van der Waals surface area contributed by atoms with Gasteiger partial charge in [0.25, 0.3) is 5.56 Å². The number of hydrogen-bond donors (Lipinski definition) is 2. The van der Waals surface area contributed by atoms with Crippen molar-refractivity contribution in [2.75, 3.05) is 26.2 Å². The quantitative estimate of drug-likeness (QED) is 0.552. The maximum atomic E-state index is 12.3.